The average molecular weight is 553 g/mol. The smallest absolute Gasteiger partial charge is 0.410 e. The third-order valence-electron chi connectivity index (χ3n) is 4.26. The molecule has 1 saturated heterocycles. The van der Waals surface area contributed by atoms with Crippen molar-refractivity contribution in [3.8, 4) is 0 Å². The van der Waals surface area contributed by atoms with Crippen LogP contribution < -0.4 is 4.90 Å². The number of anilines is 1. The number of pyridine rings is 1. The monoisotopic (exact) mass is 552 g/mol. The Morgan fingerprint density at radius 1 is 1.42 bits per heavy atom. The van der Waals surface area contributed by atoms with Gasteiger partial charge in [0.1, 0.15) is 5.60 Å². The molecule has 1 atom stereocenters. The summed E-state index contributed by atoms with van der Waals surface area (Å²) in [5.74, 6) is 0. The number of hydrogen-bond acceptors (Lipinski definition) is 5. The number of nitrogens with zero attached hydrogens (tertiary/aromatic N) is 4. The van der Waals surface area contributed by atoms with E-state index in [1.807, 2.05) is 48.1 Å². The van der Waals surface area contributed by atoms with E-state index in [2.05, 4.69) is 53.9 Å². The molecule has 1 fully saturated rings. The maximum atomic E-state index is 12.4. The van der Waals surface area contributed by atoms with Gasteiger partial charge in [-0.25, -0.2) is 9.78 Å². The van der Waals surface area contributed by atoms with E-state index in [1.165, 1.54) is 0 Å². The first-order chi connectivity index (χ1) is 12.2. The molecule has 26 heavy (non-hydrogen) atoms. The Bertz CT molecular complexity index is 823. The van der Waals surface area contributed by atoms with E-state index in [0.29, 0.717) is 6.54 Å². The zero-order chi connectivity index (χ0) is 19.1. The van der Waals surface area contributed by atoms with Crippen LogP contribution in [0.4, 0.5) is 10.5 Å². The van der Waals surface area contributed by atoms with Crippen molar-refractivity contribution in [2.24, 2.45) is 0 Å². The molecule has 1 amide bonds. The molecule has 0 unspecified atom stereocenters. The number of hydrogen-bond donors (Lipinski definition) is 0. The number of halogens is 2. The highest BCUT2D eigenvalue weighted by Gasteiger charge is 2.31. The van der Waals surface area contributed by atoms with E-state index in [0.717, 1.165) is 34.3 Å². The van der Waals surface area contributed by atoms with Gasteiger partial charge in [0.05, 0.1) is 11.1 Å². The fraction of sp³-hybridized carbons (Fsp3) is 0.529. The number of carbonyl (C=O) groups is 1. The van der Waals surface area contributed by atoms with Crippen molar-refractivity contribution in [1.29, 1.82) is 0 Å². The van der Waals surface area contributed by atoms with Crippen molar-refractivity contribution in [3.05, 3.63) is 22.9 Å². The molecule has 0 aromatic carbocycles. The highest BCUT2D eigenvalue weighted by atomic mass is 127. The van der Waals surface area contributed by atoms with Crippen LogP contribution in [0.15, 0.2) is 22.9 Å². The molecular formula is C17H22BrIN4O2S. The predicted octanol–water partition coefficient (Wildman–Crippen LogP) is 5.09. The number of ether oxygens (including phenoxy) is 1. The summed E-state index contributed by atoms with van der Waals surface area (Å²) in [6.07, 6.45) is 3.65. The molecule has 0 aliphatic carbocycles. The van der Waals surface area contributed by atoms with Crippen LogP contribution in [0, 0.1) is 0 Å². The standard InChI is InChI=1S/C17H22BrIN4O2S/c1-11-9-21(7-8-22(11)16(24)25-17(2,3)4)13-5-6-20-15-14(13)12(18)10-23(15)26-19/h5-6,10-11H,7-9H2,1-4H3/t11-/m1/s1. The summed E-state index contributed by atoms with van der Waals surface area (Å²) < 4.78 is 8.61. The molecule has 0 saturated carbocycles. The second-order valence-corrected chi connectivity index (χ2v) is 9.94. The van der Waals surface area contributed by atoms with Gasteiger partial charge in [0.2, 0.25) is 0 Å². The molecule has 0 radical (unpaired) electrons. The quantitative estimate of drug-likeness (QED) is 0.486. The molecule has 2 aromatic heterocycles. The fourth-order valence-electron chi connectivity index (χ4n) is 3.15. The van der Waals surface area contributed by atoms with Gasteiger partial charge in [0.15, 0.2) is 5.65 Å². The van der Waals surface area contributed by atoms with E-state index in [4.69, 9.17) is 4.74 Å². The van der Waals surface area contributed by atoms with E-state index in [1.54, 1.807) is 9.12 Å². The maximum Gasteiger partial charge on any atom is 0.410 e. The van der Waals surface area contributed by atoms with Crippen molar-refractivity contribution < 1.29 is 9.53 Å². The van der Waals surface area contributed by atoms with Crippen molar-refractivity contribution in [1.82, 2.24) is 13.9 Å². The SMILES string of the molecule is C[C@@H]1CN(c2ccnc3c2c(Br)cn3SI)CCN1C(=O)OC(C)(C)C. The van der Waals surface area contributed by atoms with Crippen LogP contribution in [0.3, 0.4) is 0 Å². The lowest BCUT2D eigenvalue weighted by atomic mass is 10.1. The molecular weight excluding hydrogens is 531 g/mol. The number of rotatable bonds is 2. The van der Waals surface area contributed by atoms with Crippen molar-refractivity contribution in [2.75, 3.05) is 24.5 Å². The van der Waals surface area contributed by atoms with E-state index >= 15 is 0 Å². The first kappa shape index (κ1) is 20.1. The number of fused-ring (bicyclic) bond motifs is 1. The Morgan fingerprint density at radius 3 is 2.77 bits per heavy atom. The lowest BCUT2D eigenvalue weighted by Gasteiger charge is -2.41. The molecule has 9 heteroatoms. The summed E-state index contributed by atoms with van der Waals surface area (Å²) in [6.45, 7) is 9.91. The normalized spacial score (nSPS) is 18.5. The van der Waals surface area contributed by atoms with Gasteiger partial charge in [-0.15, -0.1) is 0 Å². The van der Waals surface area contributed by atoms with E-state index in [-0.39, 0.29) is 12.1 Å². The van der Waals surface area contributed by atoms with Crippen LogP contribution in [0.5, 0.6) is 0 Å². The Labute approximate surface area is 178 Å². The zero-order valence-electron chi connectivity index (χ0n) is 15.2. The summed E-state index contributed by atoms with van der Waals surface area (Å²) in [5.41, 5.74) is 1.61. The van der Waals surface area contributed by atoms with Gasteiger partial charge in [-0.3, -0.25) is 3.97 Å². The van der Waals surface area contributed by atoms with Gasteiger partial charge >= 0.3 is 6.09 Å². The van der Waals surface area contributed by atoms with Gasteiger partial charge in [-0.1, -0.05) is 0 Å². The first-order valence-electron chi connectivity index (χ1n) is 8.40. The summed E-state index contributed by atoms with van der Waals surface area (Å²) in [5, 5.41) is 1.11. The van der Waals surface area contributed by atoms with Crippen molar-refractivity contribution in [2.45, 2.75) is 39.3 Å². The molecule has 1 aliphatic heterocycles. The summed E-state index contributed by atoms with van der Waals surface area (Å²) in [7, 11) is 1.59. The van der Waals surface area contributed by atoms with Crippen molar-refractivity contribution in [3.63, 3.8) is 0 Å². The molecule has 1 aliphatic rings. The van der Waals surface area contributed by atoms with Crippen LogP contribution >= 0.6 is 46.3 Å². The largest absolute Gasteiger partial charge is 0.444 e. The fourth-order valence-corrected chi connectivity index (χ4v) is 5.12. The first-order valence-corrected chi connectivity index (χ1v) is 12.5. The molecule has 0 bridgehead atoms. The summed E-state index contributed by atoms with van der Waals surface area (Å²) >= 11 is 5.92. The van der Waals surface area contributed by atoms with Gasteiger partial charge in [0, 0.05) is 72.9 Å². The minimum Gasteiger partial charge on any atom is -0.444 e. The van der Waals surface area contributed by atoms with Crippen LogP contribution in [0.2, 0.25) is 0 Å². The van der Waals surface area contributed by atoms with E-state index in [9.17, 15) is 4.79 Å². The number of carbonyl (C=O) groups excluding carboxylic acids is 1. The van der Waals surface area contributed by atoms with Crippen LogP contribution in [-0.2, 0) is 4.74 Å². The number of amides is 1. The third-order valence-corrected chi connectivity index (χ3v) is 6.56. The second-order valence-electron chi connectivity index (χ2n) is 7.37. The molecule has 0 spiro atoms. The van der Waals surface area contributed by atoms with Gasteiger partial charge in [-0.2, -0.15) is 0 Å². The second kappa shape index (κ2) is 7.75. The highest BCUT2D eigenvalue weighted by Crippen LogP contribution is 2.37. The maximum absolute atomic E-state index is 12.4. The zero-order valence-corrected chi connectivity index (χ0v) is 19.8. The molecule has 3 heterocycles. The minimum atomic E-state index is -0.476. The summed E-state index contributed by atoms with van der Waals surface area (Å²) in [4.78, 5) is 21.1. The van der Waals surface area contributed by atoms with Crippen LogP contribution in [0.1, 0.15) is 27.7 Å². The Hall–Kier alpha value is -0.680. The lowest BCUT2D eigenvalue weighted by molar-refractivity contribution is 0.0159. The summed E-state index contributed by atoms with van der Waals surface area (Å²) in [6, 6.07) is 2.12. The van der Waals surface area contributed by atoms with Crippen LogP contribution in [0.25, 0.3) is 11.0 Å². The van der Waals surface area contributed by atoms with Gasteiger partial charge in [-0.05, 0) is 49.7 Å². The Morgan fingerprint density at radius 2 is 2.15 bits per heavy atom. The van der Waals surface area contributed by atoms with Crippen molar-refractivity contribution >= 4 is 69.1 Å². The molecule has 0 N–H and O–H groups in total. The average Bonchev–Trinajstić information content (AvgIpc) is 2.89. The Kier molecular flexibility index (Phi) is 5.98. The molecule has 6 nitrogen and oxygen atoms in total. The molecule has 142 valence electrons. The Balaban J connectivity index is 1.83. The number of piperazine rings is 1. The molecule has 2 aromatic rings. The minimum absolute atomic E-state index is 0.0710. The number of aromatic nitrogens is 2. The van der Waals surface area contributed by atoms with Gasteiger partial charge in [0.25, 0.3) is 0 Å². The van der Waals surface area contributed by atoms with E-state index < -0.39 is 5.60 Å². The highest BCUT2D eigenvalue weighted by molar-refractivity contribution is 14.2. The third kappa shape index (κ3) is 4.09. The molecule has 3 rings (SSSR count). The van der Waals surface area contributed by atoms with Gasteiger partial charge < -0.3 is 14.5 Å². The topological polar surface area (TPSA) is 50.6 Å². The van der Waals surface area contributed by atoms with Crippen LogP contribution in [-0.4, -0.2) is 51.2 Å². The predicted molar refractivity (Wildman–Crippen MR) is 119 cm³/mol. The lowest BCUT2D eigenvalue weighted by Crippen LogP contribution is -2.55.